The molecule has 0 saturated heterocycles. The standard InChI is InChI=1S/C15H21FO3/c1-11(17)13-6-5-12(16)9-14(13)19-10-15(18)7-3-2-4-8-15/h5-6,9,11,17-18H,2-4,7-8,10H2,1H3. The van der Waals surface area contributed by atoms with Crippen molar-refractivity contribution in [3.63, 3.8) is 0 Å². The molecule has 0 bridgehead atoms. The first kappa shape index (κ1) is 14.3. The molecule has 1 fully saturated rings. The van der Waals surface area contributed by atoms with Gasteiger partial charge in [-0.25, -0.2) is 4.39 Å². The third kappa shape index (κ3) is 3.67. The predicted octanol–water partition coefficient (Wildman–Crippen LogP) is 2.95. The van der Waals surface area contributed by atoms with Crippen molar-refractivity contribution in [2.45, 2.75) is 50.7 Å². The molecule has 2 N–H and O–H groups in total. The van der Waals surface area contributed by atoms with Crippen LogP contribution in [0.4, 0.5) is 4.39 Å². The summed E-state index contributed by atoms with van der Waals surface area (Å²) in [5, 5.41) is 20.0. The summed E-state index contributed by atoms with van der Waals surface area (Å²) >= 11 is 0. The van der Waals surface area contributed by atoms with Crippen molar-refractivity contribution in [2.24, 2.45) is 0 Å². The predicted molar refractivity (Wildman–Crippen MR) is 70.6 cm³/mol. The average molecular weight is 268 g/mol. The first-order valence-corrected chi connectivity index (χ1v) is 6.83. The molecule has 3 nitrogen and oxygen atoms in total. The van der Waals surface area contributed by atoms with Gasteiger partial charge in [0.1, 0.15) is 18.2 Å². The summed E-state index contributed by atoms with van der Waals surface area (Å²) in [4.78, 5) is 0. The van der Waals surface area contributed by atoms with Crippen molar-refractivity contribution >= 4 is 0 Å². The largest absolute Gasteiger partial charge is 0.490 e. The smallest absolute Gasteiger partial charge is 0.128 e. The Morgan fingerprint density at radius 2 is 2.00 bits per heavy atom. The molecule has 0 heterocycles. The third-order valence-corrected chi connectivity index (χ3v) is 3.71. The number of aliphatic hydroxyl groups is 2. The summed E-state index contributed by atoms with van der Waals surface area (Å²) < 4.78 is 18.8. The highest BCUT2D eigenvalue weighted by Gasteiger charge is 2.30. The Labute approximate surface area is 113 Å². The molecule has 0 aliphatic heterocycles. The average Bonchev–Trinajstić information content (AvgIpc) is 2.37. The lowest BCUT2D eigenvalue weighted by Crippen LogP contribution is -2.38. The molecule has 1 aromatic carbocycles. The zero-order valence-corrected chi connectivity index (χ0v) is 11.2. The highest BCUT2D eigenvalue weighted by Crippen LogP contribution is 2.31. The SMILES string of the molecule is CC(O)c1ccc(F)cc1OCC1(O)CCCCC1. The quantitative estimate of drug-likeness (QED) is 0.882. The summed E-state index contributed by atoms with van der Waals surface area (Å²) in [6.45, 7) is 1.76. The van der Waals surface area contributed by atoms with E-state index in [4.69, 9.17) is 4.74 Å². The van der Waals surface area contributed by atoms with E-state index in [9.17, 15) is 14.6 Å². The number of hydrogen-bond donors (Lipinski definition) is 2. The molecule has 0 amide bonds. The van der Waals surface area contributed by atoms with Crippen molar-refractivity contribution < 1.29 is 19.3 Å². The van der Waals surface area contributed by atoms with Gasteiger partial charge in [0.05, 0.1) is 11.7 Å². The Bertz CT molecular complexity index is 425. The zero-order valence-electron chi connectivity index (χ0n) is 11.2. The topological polar surface area (TPSA) is 49.7 Å². The number of aliphatic hydroxyl groups excluding tert-OH is 1. The van der Waals surface area contributed by atoms with Crippen LogP contribution in [-0.4, -0.2) is 22.4 Å². The van der Waals surface area contributed by atoms with Gasteiger partial charge in [-0.2, -0.15) is 0 Å². The molecule has 1 aromatic rings. The van der Waals surface area contributed by atoms with E-state index in [2.05, 4.69) is 0 Å². The molecule has 0 radical (unpaired) electrons. The number of hydrogen-bond acceptors (Lipinski definition) is 3. The van der Waals surface area contributed by atoms with Crippen LogP contribution in [0, 0.1) is 5.82 Å². The van der Waals surface area contributed by atoms with Crippen LogP contribution in [-0.2, 0) is 0 Å². The lowest BCUT2D eigenvalue weighted by Gasteiger charge is -2.32. The van der Waals surface area contributed by atoms with Crippen molar-refractivity contribution in [3.8, 4) is 5.75 Å². The Morgan fingerprint density at radius 1 is 1.32 bits per heavy atom. The van der Waals surface area contributed by atoms with Crippen LogP contribution in [0.2, 0.25) is 0 Å². The van der Waals surface area contributed by atoms with Crippen LogP contribution in [0.1, 0.15) is 50.7 Å². The Kier molecular flexibility index (Phi) is 4.42. The van der Waals surface area contributed by atoms with Crippen molar-refractivity contribution in [1.82, 2.24) is 0 Å². The maximum atomic E-state index is 13.2. The molecule has 1 saturated carbocycles. The van der Waals surface area contributed by atoms with Gasteiger partial charge in [-0.1, -0.05) is 19.3 Å². The van der Waals surface area contributed by atoms with Gasteiger partial charge in [0.25, 0.3) is 0 Å². The molecule has 1 aliphatic carbocycles. The van der Waals surface area contributed by atoms with Crippen LogP contribution >= 0.6 is 0 Å². The van der Waals surface area contributed by atoms with E-state index in [1.807, 2.05) is 0 Å². The van der Waals surface area contributed by atoms with Gasteiger partial charge >= 0.3 is 0 Å². The third-order valence-electron chi connectivity index (χ3n) is 3.71. The van der Waals surface area contributed by atoms with Crippen LogP contribution in [0.25, 0.3) is 0 Å². The van der Waals surface area contributed by atoms with Crippen LogP contribution in [0.5, 0.6) is 5.75 Å². The van der Waals surface area contributed by atoms with E-state index >= 15 is 0 Å². The minimum absolute atomic E-state index is 0.149. The van der Waals surface area contributed by atoms with Gasteiger partial charge in [0.2, 0.25) is 0 Å². The van der Waals surface area contributed by atoms with Crippen molar-refractivity contribution in [3.05, 3.63) is 29.6 Å². The maximum absolute atomic E-state index is 13.2. The summed E-state index contributed by atoms with van der Waals surface area (Å²) in [7, 11) is 0. The van der Waals surface area contributed by atoms with Crippen molar-refractivity contribution in [2.75, 3.05) is 6.61 Å². The normalized spacial score (nSPS) is 20.0. The van der Waals surface area contributed by atoms with Gasteiger partial charge < -0.3 is 14.9 Å². The van der Waals surface area contributed by atoms with Gasteiger partial charge in [-0.3, -0.25) is 0 Å². The van der Waals surface area contributed by atoms with E-state index in [1.54, 1.807) is 6.92 Å². The second-order valence-electron chi connectivity index (χ2n) is 5.43. The molecular formula is C15H21FO3. The first-order chi connectivity index (χ1) is 9.00. The fourth-order valence-corrected chi connectivity index (χ4v) is 2.54. The van der Waals surface area contributed by atoms with E-state index in [0.717, 1.165) is 19.3 Å². The summed E-state index contributed by atoms with van der Waals surface area (Å²) in [5.41, 5.74) is -0.277. The van der Waals surface area contributed by atoms with E-state index in [1.165, 1.54) is 18.2 Å². The molecule has 1 atom stereocenters. The molecule has 1 aliphatic rings. The number of rotatable bonds is 4. The summed E-state index contributed by atoms with van der Waals surface area (Å²) in [6.07, 6.45) is 3.83. The Balaban J connectivity index is 2.07. The molecule has 0 spiro atoms. The molecule has 2 rings (SSSR count). The van der Waals surface area contributed by atoms with Crippen molar-refractivity contribution in [1.29, 1.82) is 0 Å². The maximum Gasteiger partial charge on any atom is 0.128 e. The molecule has 1 unspecified atom stereocenters. The molecule has 106 valence electrons. The lowest BCUT2D eigenvalue weighted by atomic mass is 9.85. The molecule has 0 aromatic heterocycles. The highest BCUT2D eigenvalue weighted by atomic mass is 19.1. The van der Waals surface area contributed by atoms with Crippen LogP contribution < -0.4 is 4.74 Å². The van der Waals surface area contributed by atoms with E-state index < -0.39 is 17.5 Å². The monoisotopic (exact) mass is 268 g/mol. The van der Waals surface area contributed by atoms with Gasteiger partial charge in [-0.05, 0) is 31.9 Å². The second kappa shape index (κ2) is 5.88. The fourth-order valence-electron chi connectivity index (χ4n) is 2.54. The molecule has 4 heteroatoms. The number of halogens is 1. The first-order valence-electron chi connectivity index (χ1n) is 6.83. The zero-order chi connectivity index (χ0) is 13.9. The van der Waals surface area contributed by atoms with Crippen LogP contribution in [0.15, 0.2) is 18.2 Å². The Morgan fingerprint density at radius 3 is 2.63 bits per heavy atom. The molecular weight excluding hydrogens is 247 g/mol. The number of ether oxygens (including phenoxy) is 1. The van der Waals surface area contributed by atoms with E-state index in [-0.39, 0.29) is 6.61 Å². The summed E-state index contributed by atoms with van der Waals surface area (Å²) in [5.74, 6) is -0.0935. The van der Waals surface area contributed by atoms with Gasteiger partial charge in [0.15, 0.2) is 0 Å². The van der Waals surface area contributed by atoms with E-state index in [0.29, 0.717) is 24.2 Å². The van der Waals surface area contributed by atoms with Gasteiger partial charge in [0, 0.05) is 11.6 Å². The minimum Gasteiger partial charge on any atom is -0.490 e. The lowest BCUT2D eigenvalue weighted by molar-refractivity contribution is -0.0346. The second-order valence-corrected chi connectivity index (χ2v) is 5.43. The molecule has 19 heavy (non-hydrogen) atoms. The summed E-state index contributed by atoms with van der Waals surface area (Å²) in [6, 6.07) is 4.07. The fraction of sp³-hybridized carbons (Fsp3) is 0.600. The number of benzene rings is 1. The Hall–Kier alpha value is -1.13. The minimum atomic E-state index is -0.819. The van der Waals surface area contributed by atoms with Gasteiger partial charge in [-0.15, -0.1) is 0 Å². The highest BCUT2D eigenvalue weighted by molar-refractivity contribution is 5.35. The van der Waals surface area contributed by atoms with Crippen LogP contribution in [0.3, 0.4) is 0 Å².